The Bertz CT molecular complexity index is 433. The largest absolute Gasteiger partial charge is 0.388 e. The molecule has 7 heteroatoms. The molecule has 4 atom stereocenters. The number of hydrogen-bond acceptors (Lipinski definition) is 5. The number of nitrogens with zero attached hydrogens (tertiary/aromatic N) is 1. The van der Waals surface area contributed by atoms with Crippen molar-refractivity contribution in [2.24, 2.45) is 0 Å². The van der Waals surface area contributed by atoms with Gasteiger partial charge in [0, 0.05) is 6.07 Å². The third-order valence-electron chi connectivity index (χ3n) is 2.91. The van der Waals surface area contributed by atoms with E-state index < -0.39 is 36.0 Å². The molecule has 1 aromatic heterocycles. The van der Waals surface area contributed by atoms with Crippen molar-refractivity contribution in [2.75, 3.05) is 11.9 Å². The number of aromatic nitrogens is 1. The monoisotopic (exact) mass is 260 g/mol. The minimum atomic E-state index is -1.11. The Balaban J connectivity index is 2.09. The predicted molar refractivity (Wildman–Crippen MR) is 59.0 cm³/mol. The smallest absolute Gasteiger partial charge is 0.168 e. The molecular weight excluding hydrogens is 246 g/mol. The SMILES string of the molecule is CC1OC[C@H](Nc2ncc(F)cc2F)[C@@H](O)[C@H]1O. The lowest BCUT2D eigenvalue weighted by Crippen LogP contribution is -2.54. The van der Waals surface area contributed by atoms with Gasteiger partial charge in [-0.25, -0.2) is 13.8 Å². The van der Waals surface area contributed by atoms with Gasteiger partial charge in [-0.05, 0) is 6.92 Å². The molecule has 0 spiro atoms. The van der Waals surface area contributed by atoms with Crippen molar-refractivity contribution in [3.05, 3.63) is 23.9 Å². The van der Waals surface area contributed by atoms with Gasteiger partial charge in [0.25, 0.3) is 0 Å². The van der Waals surface area contributed by atoms with Crippen LogP contribution in [0, 0.1) is 11.6 Å². The highest BCUT2D eigenvalue weighted by molar-refractivity contribution is 5.37. The van der Waals surface area contributed by atoms with E-state index in [4.69, 9.17) is 4.74 Å². The topological polar surface area (TPSA) is 74.6 Å². The van der Waals surface area contributed by atoms with Crippen LogP contribution in [0.5, 0.6) is 0 Å². The molecule has 1 aromatic rings. The van der Waals surface area contributed by atoms with Crippen LogP contribution in [-0.4, -0.2) is 46.2 Å². The Labute approximate surface area is 102 Å². The molecule has 1 aliphatic heterocycles. The molecule has 0 aliphatic carbocycles. The molecule has 0 radical (unpaired) electrons. The number of pyridine rings is 1. The van der Waals surface area contributed by atoms with E-state index in [1.165, 1.54) is 0 Å². The first kappa shape index (κ1) is 13.1. The molecule has 1 saturated heterocycles. The maximum absolute atomic E-state index is 13.4. The third-order valence-corrected chi connectivity index (χ3v) is 2.91. The lowest BCUT2D eigenvalue weighted by molar-refractivity contribution is -0.133. The molecule has 18 heavy (non-hydrogen) atoms. The molecule has 3 N–H and O–H groups in total. The van der Waals surface area contributed by atoms with Gasteiger partial charge in [-0.15, -0.1) is 0 Å². The number of aliphatic hydroxyl groups is 2. The molecular formula is C11H14F2N2O3. The van der Waals surface area contributed by atoms with E-state index in [1.54, 1.807) is 6.92 Å². The van der Waals surface area contributed by atoms with Crippen molar-refractivity contribution in [1.82, 2.24) is 4.98 Å². The van der Waals surface area contributed by atoms with Crippen molar-refractivity contribution in [3.8, 4) is 0 Å². The second-order valence-electron chi connectivity index (χ2n) is 4.25. The maximum atomic E-state index is 13.4. The van der Waals surface area contributed by atoms with E-state index in [9.17, 15) is 19.0 Å². The zero-order chi connectivity index (χ0) is 13.3. The van der Waals surface area contributed by atoms with Gasteiger partial charge in [0.15, 0.2) is 11.6 Å². The van der Waals surface area contributed by atoms with Crippen LogP contribution < -0.4 is 5.32 Å². The number of anilines is 1. The van der Waals surface area contributed by atoms with E-state index >= 15 is 0 Å². The molecule has 1 aliphatic rings. The number of ether oxygens (including phenoxy) is 1. The summed E-state index contributed by atoms with van der Waals surface area (Å²) in [6.45, 7) is 1.72. The zero-order valence-electron chi connectivity index (χ0n) is 9.68. The molecule has 0 saturated carbocycles. The summed E-state index contributed by atoms with van der Waals surface area (Å²) in [5, 5.41) is 22.0. The standard InChI is InChI=1S/C11H14F2N2O3/c1-5-9(16)10(17)8(4-18-5)15-11-7(13)2-6(12)3-14-11/h2-3,5,8-10,16-17H,4H2,1H3,(H,14,15)/t5?,8-,9-,10+/m0/s1. The Morgan fingerprint density at radius 1 is 1.39 bits per heavy atom. The Morgan fingerprint density at radius 3 is 2.78 bits per heavy atom. The highest BCUT2D eigenvalue weighted by atomic mass is 19.1. The Morgan fingerprint density at radius 2 is 2.11 bits per heavy atom. The normalized spacial score (nSPS) is 32.3. The van der Waals surface area contributed by atoms with E-state index in [-0.39, 0.29) is 12.4 Å². The van der Waals surface area contributed by atoms with Crippen LogP contribution in [0.2, 0.25) is 0 Å². The molecule has 5 nitrogen and oxygen atoms in total. The zero-order valence-corrected chi connectivity index (χ0v) is 9.68. The van der Waals surface area contributed by atoms with E-state index in [0.717, 1.165) is 6.20 Å². The fourth-order valence-electron chi connectivity index (χ4n) is 1.79. The first-order chi connectivity index (χ1) is 8.49. The second-order valence-corrected chi connectivity index (χ2v) is 4.25. The van der Waals surface area contributed by atoms with E-state index in [0.29, 0.717) is 6.07 Å². The van der Waals surface area contributed by atoms with Gasteiger partial charge in [-0.1, -0.05) is 0 Å². The van der Waals surface area contributed by atoms with Gasteiger partial charge in [0.05, 0.1) is 24.9 Å². The summed E-state index contributed by atoms with van der Waals surface area (Å²) >= 11 is 0. The van der Waals surface area contributed by atoms with Crippen LogP contribution in [-0.2, 0) is 4.74 Å². The van der Waals surface area contributed by atoms with Crippen LogP contribution >= 0.6 is 0 Å². The number of halogens is 2. The summed E-state index contributed by atoms with van der Waals surface area (Å²) in [5.41, 5.74) is 0. The molecule has 1 fully saturated rings. The number of nitrogens with one attached hydrogen (secondary N) is 1. The molecule has 0 aromatic carbocycles. The van der Waals surface area contributed by atoms with Crippen LogP contribution in [0.1, 0.15) is 6.92 Å². The fraction of sp³-hybridized carbons (Fsp3) is 0.545. The van der Waals surface area contributed by atoms with Crippen LogP contribution in [0.25, 0.3) is 0 Å². The van der Waals surface area contributed by atoms with Crippen molar-refractivity contribution >= 4 is 5.82 Å². The summed E-state index contributed by atoms with van der Waals surface area (Å²) in [6.07, 6.45) is -1.82. The van der Waals surface area contributed by atoms with Gasteiger partial charge >= 0.3 is 0 Å². The van der Waals surface area contributed by atoms with Crippen molar-refractivity contribution in [2.45, 2.75) is 31.3 Å². The van der Waals surface area contributed by atoms with Crippen molar-refractivity contribution in [3.63, 3.8) is 0 Å². The highest BCUT2D eigenvalue weighted by Crippen LogP contribution is 2.20. The van der Waals surface area contributed by atoms with Gasteiger partial charge in [-0.3, -0.25) is 0 Å². The first-order valence-corrected chi connectivity index (χ1v) is 5.54. The molecule has 0 bridgehead atoms. The summed E-state index contributed by atoms with van der Waals surface area (Å²) in [4.78, 5) is 3.54. The Kier molecular flexibility index (Phi) is 3.74. The quantitative estimate of drug-likeness (QED) is 0.712. The van der Waals surface area contributed by atoms with Gasteiger partial charge in [0.2, 0.25) is 0 Å². The molecule has 0 amide bonds. The predicted octanol–water partition coefficient (Wildman–Crippen LogP) is 0.281. The van der Waals surface area contributed by atoms with Crippen LogP contribution in [0.3, 0.4) is 0 Å². The number of aliphatic hydroxyl groups excluding tert-OH is 2. The van der Waals surface area contributed by atoms with Crippen LogP contribution in [0.15, 0.2) is 12.3 Å². The summed E-state index contributed by atoms with van der Waals surface area (Å²) < 4.78 is 31.2. The van der Waals surface area contributed by atoms with Crippen molar-refractivity contribution < 1.29 is 23.7 Å². The Hall–Kier alpha value is -1.31. The van der Waals surface area contributed by atoms with E-state index in [1.807, 2.05) is 0 Å². The summed E-state index contributed by atoms with van der Waals surface area (Å²) in [5.74, 6) is -1.84. The third kappa shape index (κ3) is 2.58. The molecule has 2 heterocycles. The lowest BCUT2D eigenvalue weighted by Gasteiger charge is -2.36. The van der Waals surface area contributed by atoms with Crippen LogP contribution in [0.4, 0.5) is 14.6 Å². The first-order valence-electron chi connectivity index (χ1n) is 5.54. The summed E-state index contributed by atoms with van der Waals surface area (Å²) in [6, 6.07) is -0.0200. The van der Waals surface area contributed by atoms with E-state index in [2.05, 4.69) is 10.3 Å². The molecule has 2 rings (SSSR count). The highest BCUT2D eigenvalue weighted by Gasteiger charge is 2.36. The van der Waals surface area contributed by atoms with Gasteiger partial charge < -0.3 is 20.3 Å². The number of rotatable bonds is 2. The second kappa shape index (κ2) is 5.13. The average molecular weight is 260 g/mol. The minimum absolute atomic E-state index is 0.0951. The fourth-order valence-corrected chi connectivity index (χ4v) is 1.79. The maximum Gasteiger partial charge on any atom is 0.168 e. The summed E-state index contributed by atoms with van der Waals surface area (Å²) in [7, 11) is 0. The average Bonchev–Trinajstić information content (AvgIpc) is 2.33. The molecule has 100 valence electrons. The van der Waals surface area contributed by atoms with Crippen molar-refractivity contribution in [1.29, 1.82) is 0 Å². The van der Waals surface area contributed by atoms with Gasteiger partial charge in [0.1, 0.15) is 18.0 Å². The van der Waals surface area contributed by atoms with Gasteiger partial charge in [-0.2, -0.15) is 0 Å². The lowest BCUT2D eigenvalue weighted by atomic mass is 9.99. The number of hydrogen-bond donors (Lipinski definition) is 3. The molecule has 1 unspecified atom stereocenters. The minimum Gasteiger partial charge on any atom is -0.388 e.